The second-order valence-corrected chi connectivity index (χ2v) is 9.03. The highest BCUT2D eigenvalue weighted by molar-refractivity contribution is 6.00. The molecule has 9 heteroatoms. The summed E-state index contributed by atoms with van der Waals surface area (Å²) in [5.41, 5.74) is 1.11. The highest BCUT2D eigenvalue weighted by Crippen LogP contribution is 2.31. The van der Waals surface area contributed by atoms with Gasteiger partial charge in [0, 0.05) is 18.9 Å². The molecule has 1 N–H and O–H groups in total. The molecule has 2 aliphatic heterocycles. The largest absolute Gasteiger partial charge is 0.472 e. The number of furan rings is 1. The van der Waals surface area contributed by atoms with Gasteiger partial charge < -0.3 is 19.5 Å². The summed E-state index contributed by atoms with van der Waals surface area (Å²) in [7, 11) is 0. The molecule has 33 heavy (non-hydrogen) atoms. The molecule has 0 aromatic carbocycles. The van der Waals surface area contributed by atoms with Gasteiger partial charge in [-0.05, 0) is 36.5 Å². The fourth-order valence-electron chi connectivity index (χ4n) is 4.70. The summed E-state index contributed by atoms with van der Waals surface area (Å²) in [4.78, 5) is 59.0. The van der Waals surface area contributed by atoms with Crippen molar-refractivity contribution in [1.82, 2.24) is 20.1 Å². The van der Waals surface area contributed by atoms with Gasteiger partial charge in [0.05, 0.1) is 30.8 Å². The number of pyridine rings is 1. The Kier molecular flexibility index (Phi) is 6.57. The first kappa shape index (κ1) is 22.7. The molecule has 0 saturated carbocycles. The number of ketones is 1. The van der Waals surface area contributed by atoms with E-state index in [0.717, 1.165) is 5.56 Å². The van der Waals surface area contributed by atoms with Crippen LogP contribution in [-0.4, -0.2) is 69.5 Å². The van der Waals surface area contributed by atoms with E-state index in [0.29, 0.717) is 24.9 Å². The molecule has 4 heterocycles. The van der Waals surface area contributed by atoms with E-state index in [-0.39, 0.29) is 42.5 Å². The molecular weight excluding hydrogens is 424 g/mol. The molecule has 2 aliphatic rings. The van der Waals surface area contributed by atoms with Crippen LogP contribution in [0, 0.1) is 5.92 Å². The van der Waals surface area contributed by atoms with Crippen molar-refractivity contribution in [2.24, 2.45) is 5.92 Å². The van der Waals surface area contributed by atoms with Crippen molar-refractivity contribution < 1.29 is 23.6 Å². The number of fused-ring (bicyclic) bond motifs is 1. The first-order valence-electron chi connectivity index (χ1n) is 11.2. The van der Waals surface area contributed by atoms with E-state index >= 15 is 0 Å². The van der Waals surface area contributed by atoms with Gasteiger partial charge in [-0.1, -0.05) is 19.9 Å². The molecule has 9 nitrogen and oxygen atoms in total. The van der Waals surface area contributed by atoms with Crippen LogP contribution in [0.3, 0.4) is 0 Å². The van der Waals surface area contributed by atoms with E-state index in [1.165, 1.54) is 18.6 Å². The van der Waals surface area contributed by atoms with Gasteiger partial charge >= 0.3 is 0 Å². The van der Waals surface area contributed by atoms with Gasteiger partial charge in [-0.25, -0.2) is 0 Å². The number of carbonyl (C=O) groups is 4. The number of amides is 3. The molecule has 2 saturated heterocycles. The lowest BCUT2D eigenvalue weighted by molar-refractivity contribution is -0.138. The zero-order chi connectivity index (χ0) is 23.5. The lowest BCUT2D eigenvalue weighted by atomic mass is 10.0. The smallest absolute Gasteiger partial charge is 0.255 e. The molecule has 3 amide bonds. The fourth-order valence-corrected chi connectivity index (χ4v) is 4.70. The predicted octanol–water partition coefficient (Wildman–Crippen LogP) is 1.44. The van der Waals surface area contributed by atoms with Gasteiger partial charge in [-0.2, -0.15) is 0 Å². The number of Topliss-reactive ketones (excluding diaryl/α,β-unsaturated/α-hetero) is 1. The molecular formula is C24H28N4O5. The Morgan fingerprint density at radius 1 is 1.24 bits per heavy atom. The van der Waals surface area contributed by atoms with Crippen LogP contribution in [0.1, 0.15) is 42.6 Å². The van der Waals surface area contributed by atoms with Gasteiger partial charge in [-0.3, -0.25) is 24.2 Å². The summed E-state index contributed by atoms with van der Waals surface area (Å²) in [6.07, 6.45) is 7.13. The summed E-state index contributed by atoms with van der Waals surface area (Å²) in [5, 5.41) is 2.80. The van der Waals surface area contributed by atoms with Gasteiger partial charge in [0.1, 0.15) is 18.3 Å². The minimum absolute atomic E-state index is 0.00552. The summed E-state index contributed by atoms with van der Waals surface area (Å²) >= 11 is 0. The van der Waals surface area contributed by atoms with Crippen LogP contribution in [0.25, 0.3) is 0 Å². The first-order valence-corrected chi connectivity index (χ1v) is 11.2. The van der Waals surface area contributed by atoms with Crippen LogP contribution in [0.4, 0.5) is 0 Å². The van der Waals surface area contributed by atoms with Crippen molar-refractivity contribution >= 4 is 23.5 Å². The molecule has 3 atom stereocenters. The number of nitrogens with zero attached hydrogens (tertiary/aromatic N) is 3. The number of hydrogen-bond donors (Lipinski definition) is 1. The van der Waals surface area contributed by atoms with Crippen molar-refractivity contribution in [2.45, 2.75) is 51.2 Å². The van der Waals surface area contributed by atoms with Crippen LogP contribution in [0.5, 0.6) is 0 Å². The van der Waals surface area contributed by atoms with E-state index in [2.05, 4.69) is 10.3 Å². The average Bonchev–Trinajstić information content (AvgIpc) is 3.52. The van der Waals surface area contributed by atoms with Gasteiger partial charge in [0.2, 0.25) is 11.8 Å². The molecule has 2 aromatic rings. The Balaban J connectivity index is 1.47. The summed E-state index contributed by atoms with van der Waals surface area (Å²) < 4.78 is 4.96. The maximum absolute atomic E-state index is 13.5. The van der Waals surface area contributed by atoms with Crippen molar-refractivity contribution in [3.8, 4) is 0 Å². The van der Waals surface area contributed by atoms with E-state index in [1.807, 2.05) is 19.9 Å². The summed E-state index contributed by atoms with van der Waals surface area (Å²) in [6.45, 7) is 4.30. The third-order valence-electron chi connectivity index (χ3n) is 6.20. The van der Waals surface area contributed by atoms with Crippen LogP contribution >= 0.6 is 0 Å². The van der Waals surface area contributed by atoms with Crippen molar-refractivity contribution in [2.75, 3.05) is 13.1 Å². The maximum Gasteiger partial charge on any atom is 0.255 e. The van der Waals surface area contributed by atoms with E-state index in [4.69, 9.17) is 4.42 Å². The Morgan fingerprint density at radius 3 is 2.73 bits per heavy atom. The van der Waals surface area contributed by atoms with Crippen LogP contribution in [-0.2, 0) is 20.8 Å². The van der Waals surface area contributed by atoms with E-state index in [1.54, 1.807) is 28.3 Å². The summed E-state index contributed by atoms with van der Waals surface area (Å²) in [6, 6.07) is 3.35. The van der Waals surface area contributed by atoms with Crippen molar-refractivity contribution in [3.05, 3.63) is 54.2 Å². The van der Waals surface area contributed by atoms with Crippen LogP contribution in [0.15, 0.2) is 47.5 Å². The number of carbonyl (C=O) groups excluding carboxylic acids is 4. The zero-order valence-electron chi connectivity index (χ0n) is 18.8. The monoisotopic (exact) mass is 452 g/mol. The van der Waals surface area contributed by atoms with Crippen LogP contribution < -0.4 is 5.32 Å². The van der Waals surface area contributed by atoms with E-state index in [9.17, 15) is 19.2 Å². The van der Waals surface area contributed by atoms with Crippen LogP contribution in [0.2, 0.25) is 0 Å². The molecule has 3 unspecified atom stereocenters. The normalized spacial score (nSPS) is 20.8. The number of nitrogens with one attached hydrogen (secondary N) is 1. The van der Waals surface area contributed by atoms with E-state index < -0.39 is 18.0 Å². The number of rotatable bonds is 7. The molecule has 0 bridgehead atoms. The molecule has 174 valence electrons. The second-order valence-electron chi connectivity index (χ2n) is 9.03. The minimum atomic E-state index is -0.765. The maximum atomic E-state index is 13.5. The fraction of sp³-hybridized carbons (Fsp3) is 0.458. The number of likely N-dealkylation sites (tertiary alicyclic amines) is 2. The SMILES string of the molecule is CC(C)CC(NC(=O)c1ccoc1)C(=O)N1CCC2C1C(=O)CN2C(=O)Cc1cccnc1. The Bertz CT molecular complexity index is 1020. The number of hydrogen-bond acceptors (Lipinski definition) is 6. The predicted molar refractivity (Wildman–Crippen MR) is 118 cm³/mol. The molecule has 0 spiro atoms. The Hall–Kier alpha value is -3.49. The minimum Gasteiger partial charge on any atom is -0.472 e. The molecule has 0 radical (unpaired) electrons. The van der Waals surface area contributed by atoms with Gasteiger partial charge in [0.25, 0.3) is 5.91 Å². The quantitative estimate of drug-likeness (QED) is 0.680. The third-order valence-corrected chi connectivity index (χ3v) is 6.20. The molecule has 2 fully saturated rings. The van der Waals surface area contributed by atoms with Crippen molar-refractivity contribution in [3.63, 3.8) is 0 Å². The average molecular weight is 453 g/mol. The topological polar surface area (TPSA) is 113 Å². The lowest BCUT2D eigenvalue weighted by Gasteiger charge is -2.29. The number of aromatic nitrogens is 1. The highest BCUT2D eigenvalue weighted by atomic mass is 16.3. The van der Waals surface area contributed by atoms with Crippen molar-refractivity contribution in [1.29, 1.82) is 0 Å². The Labute approximate surface area is 192 Å². The second kappa shape index (κ2) is 9.56. The zero-order valence-corrected chi connectivity index (χ0v) is 18.8. The van der Waals surface area contributed by atoms with Gasteiger partial charge in [0.15, 0.2) is 5.78 Å². The Morgan fingerprint density at radius 2 is 2.06 bits per heavy atom. The molecule has 0 aliphatic carbocycles. The summed E-state index contributed by atoms with van der Waals surface area (Å²) in [5.74, 6) is -0.828. The molecule has 4 rings (SSSR count). The first-order chi connectivity index (χ1) is 15.8. The third kappa shape index (κ3) is 4.81. The van der Waals surface area contributed by atoms with Gasteiger partial charge in [-0.15, -0.1) is 0 Å². The highest BCUT2D eigenvalue weighted by Gasteiger charge is 2.52. The lowest BCUT2D eigenvalue weighted by Crippen LogP contribution is -2.53. The molecule has 2 aromatic heterocycles. The standard InChI is InChI=1S/C24H28N4O5/c1-15(2)10-18(26-23(31)17-6-9-33-14-17)24(32)27-8-5-19-22(27)20(29)13-28(19)21(30)11-16-4-3-7-25-12-16/h3-4,6-7,9,12,14-15,18-19,22H,5,8,10-11,13H2,1-2H3,(H,26,31).